The number of aromatic nitrogens is 1. The third-order valence-corrected chi connectivity index (χ3v) is 5.14. The van der Waals surface area contributed by atoms with E-state index < -0.39 is 30.5 Å². The smallest absolute Gasteiger partial charge is 0.343 e. The van der Waals surface area contributed by atoms with Crippen molar-refractivity contribution in [2.75, 3.05) is 13.3 Å². The van der Waals surface area contributed by atoms with Gasteiger partial charge in [-0.25, -0.2) is 13.6 Å². The molecule has 1 aliphatic carbocycles. The molecule has 4 nitrogen and oxygen atoms in total. The van der Waals surface area contributed by atoms with Crippen molar-refractivity contribution in [1.82, 2.24) is 4.57 Å². The van der Waals surface area contributed by atoms with Gasteiger partial charge in [0, 0.05) is 23.5 Å². The molecule has 2 unspecified atom stereocenters. The summed E-state index contributed by atoms with van der Waals surface area (Å²) in [6.07, 6.45) is 5.53. The average molecular weight is 333 g/mol. The summed E-state index contributed by atoms with van der Waals surface area (Å²) in [7, 11) is 0. The third kappa shape index (κ3) is 2.16. The van der Waals surface area contributed by atoms with Crippen LogP contribution in [0.1, 0.15) is 53.6 Å². The monoisotopic (exact) mass is 333 g/mol. The van der Waals surface area contributed by atoms with Crippen LogP contribution in [0.2, 0.25) is 0 Å². The van der Waals surface area contributed by atoms with E-state index in [9.17, 15) is 18.4 Å². The molecule has 2 aliphatic rings. The Kier molecular flexibility index (Phi) is 3.62. The summed E-state index contributed by atoms with van der Waals surface area (Å²) in [6, 6.07) is 2.82. The van der Waals surface area contributed by atoms with Gasteiger partial charge in [0.25, 0.3) is 0 Å². The fourth-order valence-corrected chi connectivity index (χ4v) is 4.19. The van der Waals surface area contributed by atoms with Gasteiger partial charge in [-0.3, -0.25) is 4.79 Å². The fourth-order valence-electron chi connectivity index (χ4n) is 4.19. The molecule has 0 amide bonds. The summed E-state index contributed by atoms with van der Waals surface area (Å²) < 4.78 is 33.0. The number of benzene rings is 1. The second kappa shape index (κ2) is 5.69. The van der Waals surface area contributed by atoms with E-state index in [4.69, 9.17) is 4.74 Å². The van der Waals surface area contributed by atoms with Crippen LogP contribution in [0.25, 0.3) is 10.9 Å². The molecule has 0 bridgehead atoms. The van der Waals surface area contributed by atoms with Crippen molar-refractivity contribution in [3.8, 4) is 0 Å². The molecule has 6 heteroatoms. The molecule has 1 aromatic heterocycles. The van der Waals surface area contributed by atoms with Crippen LogP contribution in [-0.4, -0.2) is 23.8 Å². The molecule has 2 heterocycles. The van der Waals surface area contributed by atoms with Crippen LogP contribution in [0, 0.1) is 5.82 Å². The van der Waals surface area contributed by atoms with E-state index in [-0.39, 0.29) is 22.9 Å². The molecule has 1 fully saturated rings. The first-order chi connectivity index (χ1) is 11.6. The van der Waals surface area contributed by atoms with E-state index in [2.05, 4.69) is 0 Å². The lowest BCUT2D eigenvalue weighted by molar-refractivity contribution is 0.0478. The van der Waals surface area contributed by atoms with Gasteiger partial charge in [-0.15, -0.1) is 0 Å². The van der Waals surface area contributed by atoms with Gasteiger partial charge in [-0.1, -0.05) is 12.8 Å². The Morgan fingerprint density at radius 1 is 1.29 bits per heavy atom. The minimum atomic E-state index is -0.853. The van der Waals surface area contributed by atoms with Crippen molar-refractivity contribution in [3.63, 3.8) is 0 Å². The molecule has 1 saturated carbocycles. The number of alkyl halides is 1. The highest BCUT2D eigenvalue weighted by atomic mass is 19.1. The highest BCUT2D eigenvalue weighted by molar-refractivity contribution is 5.95. The van der Waals surface area contributed by atoms with E-state index in [0.717, 1.165) is 36.8 Å². The molecule has 24 heavy (non-hydrogen) atoms. The SMILES string of the molecule is O=C(OCCF)c1cn2c3c(cc(F)cc3c1=O)C1CCCCC12. The van der Waals surface area contributed by atoms with Crippen LogP contribution < -0.4 is 5.43 Å². The standard InChI is InChI=1S/C18H17F2NO3/c19-5-6-24-18(23)14-9-21-15-4-2-1-3-11(15)12-7-10(20)8-13(16(12)21)17(14)22/h7-9,11,15H,1-6H2. The van der Waals surface area contributed by atoms with Gasteiger partial charge in [-0.2, -0.15) is 0 Å². The first-order valence-corrected chi connectivity index (χ1v) is 8.23. The van der Waals surface area contributed by atoms with Crippen molar-refractivity contribution in [1.29, 1.82) is 0 Å². The van der Waals surface area contributed by atoms with Gasteiger partial charge in [0.2, 0.25) is 5.43 Å². The number of halogens is 2. The van der Waals surface area contributed by atoms with Gasteiger partial charge in [0.15, 0.2) is 0 Å². The van der Waals surface area contributed by atoms with Crippen molar-refractivity contribution in [3.05, 3.63) is 45.5 Å². The number of hydrogen-bond donors (Lipinski definition) is 0. The predicted octanol–water partition coefficient (Wildman–Crippen LogP) is 3.48. The zero-order chi connectivity index (χ0) is 16.8. The molecule has 0 N–H and O–H groups in total. The summed E-state index contributed by atoms with van der Waals surface area (Å²) in [5.74, 6) is -1.15. The first kappa shape index (κ1) is 15.3. The topological polar surface area (TPSA) is 48.3 Å². The van der Waals surface area contributed by atoms with Gasteiger partial charge in [-0.05, 0) is 30.5 Å². The first-order valence-electron chi connectivity index (χ1n) is 8.23. The Hall–Kier alpha value is -2.24. The average Bonchev–Trinajstić information content (AvgIpc) is 2.90. The van der Waals surface area contributed by atoms with Crippen LogP contribution >= 0.6 is 0 Å². The quantitative estimate of drug-likeness (QED) is 0.808. The maximum Gasteiger partial charge on any atom is 0.343 e. The van der Waals surface area contributed by atoms with Gasteiger partial charge < -0.3 is 9.30 Å². The zero-order valence-electron chi connectivity index (χ0n) is 13.1. The maximum atomic E-state index is 14.1. The number of ether oxygens (including phenoxy) is 1. The van der Waals surface area contributed by atoms with Crippen molar-refractivity contribution in [2.45, 2.75) is 37.6 Å². The maximum absolute atomic E-state index is 14.1. The summed E-state index contributed by atoms with van der Waals surface area (Å²) in [5, 5.41) is 0.203. The Balaban J connectivity index is 1.95. The summed E-state index contributed by atoms with van der Waals surface area (Å²) >= 11 is 0. The number of hydrogen-bond acceptors (Lipinski definition) is 3. The number of esters is 1. The molecule has 0 radical (unpaired) electrons. The predicted molar refractivity (Wildman–Crippen MR) is 84.7 cm³/mol. The number of carbonyl (C=O) groups is 1. The van der Waals surface area contributed by atoms with Gasteiger partial charge >= 0.3 is 5.97 Å². The lowest BCUT2D eigenvalue weighted by Gasteiger charge is -2.27. The van der Waals surface area contributed by atoms with E-state index in [1.165, 1.54) is 18.3 Å². The largest absolute Gasteiger partial charge is 0.459 e. The molecule has 0 spiro atoms. The Morgan fingerprint density at radius 3 is 2.88 bits per heavy atom. The van der Waals surface area contributed by atoms with Crippen molar-refractivity contribution >= 4 is 16.9 Å². The third-order valence-electron chi connectivity index (χ3n) is 5.14. The van der Waals surface area contributed by atoms with E-state index in [0.29, 0.717) is 0 Å². The zero-order valence-corrected chi connectivity index (χ0v) is 13.1. The lowest BCUT2D eigenvalue weighted by atomic mass is 9.82. The molecule has 126 valence electrons. The van der Waals surface area contributed by atoms with Crippen LogP contribution in [0.5, 0.6) is 0 Å². The molecule has 4 rings (SSSR count). The van der Waals surface area contributed by atoms with Crippen LogP contribution in [0.4, 0.5) is 8.78 Å². The summed E-state index contributed by atoms with van der Waals surface area (Å²) in [4.78, 5) is 24.8. The summed E-state index contributed by atoms with van der Waals surface area (Å²) in [6.45, 7) is -1.20. The number of fused-ring (bicyclic) bond motifs is 3. The Labute approximate surface area is 137 Å². The van der Waals surface area contributed by atoms with Crippen LogP contribution in [-0.2, 0) is 4.74 Å². The second-order valence-electron chi connectivity index (χ2n) is 6.45. The lowest BCUT2D eigenvalue weighted by Crippen LogP contribution is -2.22. The van der Waals surface area contributed by atoms with E-state index in [1.807, 2.05) is 4.57 Å². The fraction of sp³-hybridized carbons (Fsp3) is 0.444. The number of pyridine rings is 1. The molecular formula is C18H17F2NO3. The van der Waals surface area contributed by atoms with E-state index >= 15 is 0 Å². The van der Waals surface area contributed by atoms with Crippen LogP contribution in [0.3, 0.4) is 0 Å². The number of rotatable bonds is 3. The van der Waals surface area contributed by atoms with Gasteiger partial charge in [0.05, 0.1) is 5.52 Å². The van der Waals surface area contributed by atoms with Crippen molar-refractivity contribution in [2.24, 2.45) is 0 Å². The summed E-state index contributed by atoms with van der Waals surface area (Å²) in [5.41, 5.74) is 0.874. The molecule has 1 aliphatic heterocycles. The molecule has 2 aromatic rings. The highest BCUT2D eigenvalue weighted by Gasteiger charge is 2.37. The van der Waals surface area contributed by atoms with Gasteiger partial charge in [0.1, 0.15) is 24.7 Å². The highest BCUT2D eigenvalue weighted by Crippen LogP contribution is 2.49. The minimum absolute atomic E-state index is 0.131. The number of carbonyl (C=O) groups excluding carboxylic acids is 1. The molecular weight excluding hydrogens is 316 g/mol. The molecule has 0 saturated heterocycles. The van der Waals surface area contributed by atoms with Crippen molar-refractivity contribution < 1.29 is 18.3 Å². The molecule has 1 aromatic carbocycles. The minimum Gasteiger partial charge on any atom is -0.459 e. The number of nitrogens with zero attached hydrogens (tertiary/aromatic N) is 1. The Morgan fingerprint density at radius 2 is 2.08 bits per heavy atom. The Bertz CT molecular complexity index is 890. The van der Waals surface area contributed by atoms with E-state index in [1.54, 1.807) is 0 Å². The normalized spacial score (nSPS) is 21.8. The second-order valence-corrected chi connectivity index (χ2v) is 6.45. The van der Waals surface area contributed by atoms with Crippen LogP contribution in [0.15, 0.2) is 23.1 Å². The molecule has 2 atom stereocenters.